The maximum Gasteiger partial charge on any atom is 0.242 e. The second-order valence-corrected chi connectivity index (χ2v) is 6.72. The third-order valence-corrected chi connectivity index (χ3v) is 4.35. The first-order valence-corrected chi connectivity index (χ1v) is 8.41. The van der Waals surface area contributed by atoms with Crippen LogP contribution >= 0.6 is 11.6 Å². The van der Waals surface area contributed by atoms with Crippen molar-refractivity contribution in [3.8, 4) is 0 Å². The lowest BCUT2D eigenvalue weighted by atomic mass is 10.0. The van der Waals surface area contributed by atoms with Gasteiger partial charge in [-0.1, -0.05) is 35.9 Å². The van der Waals surface area contributed by atoms with E-state index < -0.39 is 6.04 Å². The SMILES string of the molecule is CN(Cc1cccc(Cl)c1)[C@@H](C(=O)NC1CC1)c1ccc(F)cc1. The number of hydrogen-bond donors (Lipinski definition) is 1. The van der Waals surface area contributed by atoms with Gasteiger partial charge < -0.3 is 5.32 Å². The summed E-state index contributed by atoms with van der Waals surface area (Å²) in [4.78, 5) is 14.7. The molecule has 3 rings (SSSR count). The second-order valence-electron chi connectivity index (χ2n) is 6.28. The number of likely N-dealkylation sites (N-methyl/N-ethyl adjacent to an activating group) is 1. The minimum Gasteiger partial charge on any atom is -0.352 e. The lowest BCUT2D eigenvalue weighted by molar-refractivity contribution is -0.126. The first-order chi connectivity index (χ1) is 11.5. The van der Waals surface area contributed by atoms with Crippen molar-refractivity contribution in [1.29, 1.82) is 0 Å². The zero-order valence-electron chi connectivity index (χ0n) is 13.5. The molecule has 5 heteroatoms. The molecule has 0 heterocycles. The molecule has 1 aliphatic carbocycles. The van der Waals surface area contributed by atoms with E-state index in [0.29, 0.717) is 11.6 Å². The van der Waals surface area contributed by atoms with Gasteiger partial charge in [-0.3, -0.25) is 9.69 Å². The van der Waals surface area contributed by atoms with Gasteiger partial charge in [0.2, 0.25) is 5.91 Å². The van der Waals surface area contributed by atoms with Crippen LogP contribution in [0.4, 0.5) is 4.39 Å². The van der Waals surface area contributed by atoms with Gasteiger partial charge in [-0.25, -0.2) is 4.39 Å². The summed E-state index contributed by atoms with van der Waals surface area (Å²) in [6, 6.07) is 13.5. The quantitative estimate of drug-likeness (QED) is 0.859. The van der Waals surface area contributed by atoms with Crippen LogP contribution in [0.15, 0.2) is 48.5 Å². The molecule has 1 N–H and O–H groups in total. The fraction of sp³-hybridized carbons (Fsp3) is 0.316. The summed E-state index contributed by atoms with van der Waals surface area (Å²) < 4.78 is 13.2. The number of hydrogen-bond acceptors (Lipinski definition) is 2. The highest BCUT2D eigenvalue weighted by atomic mass is 35.5. The van der Waals surface area contributed by atoms with Crippen molar-refractivity contribution in [2.45, 2.75) is 31.5 Å². The van der Waals surface area contributed by atoms with Gasteiger partial charge in [0.15, 0.2) is 0 Å². The largest absolute Gasteiger partial charge is 0.352 e. The van der Waals surface area contributed by atoms with Gasteiger partial charge in [-0.15, -0.1) is 0 Å². The van der Waals surface area contributed by atoms with Gasteiger partial charge >= 0.3 is 0 Å². The molecule has 2 aromatic carbocycles. The van der Waals surface area contributed by atoms with Crippen molar-refractivity contribution in [1.82, 2.24) is 10.2 Å². The molecule has 0 bridgehead atoms. The Hall–Kier alpha value is -1.91. The predicted octanol–water partition coefficient (Wildman–Crippen LogP) is 3.93. The topological polar surface area (TPSA) is 32.3 Å². The molecule has 1 fully saturated rings. The number of benzene rings is 2. The Morgan fingerprint density at radius 2 is 2.00 bits per heavy atom. The molecule has 1 atom stereocenters. The van der Waals surface area contributed by atoms with Gasteiger partial charge in [0.25, 0.3) is 0 Å². The highest BCUT2D eigenvalue weighted by molar-refractivity contribution is 6.30. The third-order valence-electron chi connectivity index (χ3n) is 4.12. The molecular formula is C19H20ClFN2O. The Bertz CT molecular complexity index is 716. The summed E-state index contributed by atoms with van der Waals surface area (Å²) in [5.41, 5.74) is 1.80. The highest BCUT2D eigenvalue weighted by Crippen LogP contribution is 2.26. The van der Waals surface area contributed by atoms with Crippen LogP contribution in [-0.2, 0) is 11.3 Å². The van der Waals surface area contributed by atoms with E-state index in [1.54, 1.807) is 12.1 Å². The van der Waals surface area contributed by atoms with E-state index in [0.717, 1.165) is 24.0 Å². The summed E-state index contributed by atoms with van der Waals surface area (Å²) in [6.07, 6.45) is 2.06. The minimum absolute atomic E-state index is 0.0476. The van der Waals surface area contributed by atoms with Crippen molar-refractivity contribution in [2.75, 3.05) is 7.05 Å². The smallest absolute Gasteiger partial charge is 0.242 e. The highest BCUT2D eigenvalue weighted by Gasteiger charge is 2.30. The summed E-state index contributed by atoms with van der Waals surface area (Å²) in [5, 5.41) is 3.71. The monoisotopic (exact) mass is 346 g/mol. The van der Waals surface area contributed by atoms with E-state index in [2.05, 4.69) is 5.32 Å². The van der Waals surface area contributed by atoms with Crippen LogP contribution in [0.5, 0.6) is 0 Å². The van der Waals surface area contributed by atoms with E-state index in [-0.39, 0.29) is 17.8 Å². The molecule has 0 spiro atoms. The maximum absolute atomic E-state index is 13.2. The zero-order chi connectivity index (χ0) is 17.1. The molecule has 0 unspecified atom stereocenters. The van der Waals surface area contributed by atoms with E-state index in [9.17, 15) is 9.18 Å². The van der Waals surface area contributed by atoms with Crippen LogP contribution in [-0.4, -0.2) is 23.9 Å². The number of rotatable bonds is 6. The van der Waals surface area contributed by atoms with Crippen LogP contribution in [0.25, 0.3) is 0 Å². The molecule has 0 aromatic heterocycles. The van der Waals surface area contributed by atoms with E-state index in [4.69, 9.17) is 11.6 Å². The maximum atomic E-state index is 13.2. The molecule has 0 radical (unpaired) electrons. The number of halogens is 2. The van der Waals surface area contributed by atoms with Crippen molar-refractivity contribution >= 4 is 17.5 Å². The van der Waals surface area contributed by atoms with Gasteiger partial charge in [-0.05, 0) is 55.3 Å². The first kappa shape index (κ1) is 16.9. The Labute approximate surface area is 146 Å². The minimum atomic E-state index is -0.467. The van der Waals surface area contributed by atoms with Crippen LogP contribution in [0.3, 0.4) is 0 Å². The number of carbonyl (C=O) groups excluding carboxylic acids is 1. The van der Waals surface area contributed by atoms with Crippen molar-refractivity contribution in [3.63, 3.8) is 0 Å². The number of carbonyl (C=O) groups is 1. The molecule has 1 amide bonds. The van der Waals surface area contributed by atoms with Gasteiger partial charge in [0, 0.05) is 17.6 Å². The average Bonchev–Trinajstić information content (AvgIpc) is 3.33. The Kier molecular flexibility index (Phi) is 5.17. The summed E-state index contributed by atoms with van der Waals surface area (Å²) in [6.45, 7) is 0.570. The number of amides is 1. The van der Waals surface area contributed by atoms with Gasteiger partial charge in [0.05, 0.1) is 0 Å². The Morgan fingerprint density at radius 1 is 1.29 bits per heavy atom. The molecule has 0 saturated heterocycles. The van der Waals surface area contributed by atoms with E-state index in [1.807, 2.05) is 36.2 Å². The lowest BCUT2D eigenvalue weighted by Crippen LogP contribution is -2.39. The fourth-order valence-electron chi connectivity index (χ4n) is 2.77. The molecule has 24 heavy (non-hydrogen) atoms. The van der Waals surface area contributed by atoms with Gasteiger partial charge in [-0.2, -0.15) is 0 Å². The summed E-state index contributed by atoms with van der Waals surface area (Å²) >= 11 is 6.04. The Balaban J connectivity index is 1.82. The number of nitrogens with zero attached hydrogens (tertiary/aromatic N) is 1. The van der Waals surface area contributed by atoms with Crippen molar-refractivity contribution in [2.24, 2.45) is 0 Å². The summed E-state index contributed by atoms with van der Waals surface area (Å²) in [5.74, 6) is -0.355. The third kappa shape index (κ3) is 4.34. The fourth-order valence-corrected chi connectivity index (χ4v) is 2.99. The lowest BCUT2D eigenvalue weighted by Gasteiger charge is -2.28. The van der Waals surface area contributed by atoms with Crippen LogP contribution in [0.2, 0.25) is 5.02 Å². The normalized spacial score (nSPS) is 15.3. The van der Waals surface area contributed by atoms with E-state index >= 15 is 0 Å². The molecule has 0 aliphatic heterocycles. The molecular weight excluding hydrogens is 327 g/mol. The molecule has 1 aliphatic rings. The molecule has 1 saturated carbocycles. The summed E-state index contributed by atoms with van der Waals surface area (Å²) in [7, 11) is 1.89. The molecule has 126 valence electrons. The van der Waals surface area contributed by atoms with Gasteiger partial charge in [0.1, 0.15) is 11.9 Å². The van der Waals surface area contributed by atoms with Crippen molar-refractivity contribution in [3.05, 3.63) is 70.5 Å². The Morgan fingerprint density at radius 3 is 2.62 bits per heavy atom. The second kappa shape index (κ2) is 7.32. The standard InChI is InChI=1S/C19H20ClFN2O/c1-23(12-13-3-2-4-15(20)11-13)18(19(24)22-17-9-10-17)14-5-7-16(21)8-6-14/h2-8,11,17-18H,9-10,12H2,1H3,(H,22,24)/t18-/m1/s1. The van der Waals surface area contributed by atoms with Crippen LogP contribution < -0.4 is 5.32 Å². The molecule has 3 nitrogen and oxygen atoms in total. The predicted molar refractivity (Wildman–Crippen MR) is 93.2 cm³/mol. The first-order valence-electron chi connectivity index (χ1n) is 8.03. The molecule has 2 aromatic rings. The van der Waals surface area contributed by atoms with Crippen LogP contribution in [0.1, 0.15) is 30.0 Å². The van der Waals surface area contributed by atoms with Crippen LogP contribution in [0, 0.1) is 5.82 Å². The number of nitrogens with one attached hydrogen (secondary N) is 1. The average molecular weight is 347 g/mol. The van der Waals surface area contributed by atoms with Crippen molar-refractivity contribution < 1.29 is 9.18 Å². The zero-order valence-corrected chi connectivity index (χ0v) is 14.3. The van der Waals surface area contributed by atoms with E-state index in [1.165, 1.54) is 12.1 Å².